The van der Waals surface area contributed by atoms with Gasteiger partial charge in [-0.3, -0.25) is 0 Å². The lowest BCUT2D eigenvalue weighted by molar-refractivity contribution is 0.401. The van der Waals surface area contributed by atoms with Crippen LogP contribution in [0.4, 0.5) is 0 Å². The summed E-state index contributed by atoms with van der Waals surface area (Å²) in [6, 6.07) is -0.123. The minimum atomic E-state index is -0.123. The van der Waals surface area contributed by atoms with Crippen LogP contribution in [-0.4, -0.2) is 22.2 Å². The quantitative estimate of drug-likeness (QED) is 0.813. The molecule has 80 valence electrons. The fourth-order valence-corrected chi connectivity index (χ4v) is 1.49. The molecule has 0 aliphatic heterocycles. The van der Waals surface area contributed by atoms with Crippen molar-refractivity contribution in [1.82, 2.24) is 10.2 Å². The van der Waals surface area contributed by atoms with E-state index in [2.05, 4.69) is 16.5 Å². The van der Waals surface area contributed by atoms with Crippen molar-refractivity contribution in [3.8, 4) is 0 Å². The lowest BCUT2D eigenvalue weighted by Gasteiger charge is -2.04. The molecule has 4 nitrogen and oxygen atoms in total. The number of aromatic nitrogens is 2. The third-order valence-corrected chi connectivity index (χ3v) is 2.54. The van der Waals surface area contributed by atoms with E-state index in [9.17, 15) is 0 Å². The molecule has 5 heteroatoms. The SMILES string of the molecule is CSCCC(N)c1nnc(C(C)C)o1. The van der Waals surface area contributed by atoms with Crippen molar-refractivity contribution >= 4 is 11.8 Å². The highest BCUT2D eigenvalue weighted by Crippen LogP contribution is 2.18. The third kappa shape index (κ3) is 2.99. The summed E-state index contributed by atoms with van der Waals surface area (Å²) in [7, 11) is 0. The molecule has 14 heavy (non-hydrogen) atoms. The summed E-state index contributed by atoms with van der Waals surface area (Å²) in [5.41, 5.74) is 5.88. The van der Waals surface area contributed by atoms with E-state index in [-0.39, 0.29) is 12.0 Å². The Morgan fingerprint density at radius 1 is 1.36 bits per heavy atom. The molecule has 0 aliphatic rings. The van der Waals surface area contributed by atoms with Crippen molar-refractivity contribution in [2.24, 2.45) is 5.73 Å². The number of rotatable bonds is 5. The van der Waals surface area contributed by atoms with Crippen LogP contribution in [0.3, 0.4) is 0 Å². The van der Waals surface area contributed by atoms with Crippen LogP contribution < -0.4 is 5.73 Å². The Morgan fingerprint density at radius 2 is 2.00 bits per heavy atom. The van der Waals surface area contributed by atoms with Crippen LogP contribution in [0, 0.1) is 0 Å². The Balaban J connectivity index is 2.57. The molecule has 0 fully saturated rings. The zero-order valence-corrected chi connectivity index (χ0v) is 9.67. The highest BCUT2D eigenvalue weighted by Gasteiger charge is 2.15. The van der Waals surface area contributed by atoms with Crippen molar-refractivity contribution in [1.29, 1.82) is 0 Å². The standard InChI is InChI=1S/C9H17N3OS/c1-6(2)8-11-12-9(13-8)7(10)4-5-14-3/h6-7H,4-5,10H2,1-3H3. The second kappa shape index (κ2) is 5.36. The van der Waals surface area contributed by atoms with Crippen LogP contribution in [0.25, 0.3) is 0 Å². The van der Waals surface area contributed by atoms with Crippen molar-refractivity contribution in [3.05, 3.63) is 11.8 Å². The van der Waals surface area contributed by atoms with E-state index in [1.54, 1.807) is 11.8 Å². The van der Waals surface area contributed by atoms with Gasteiger partial charge < -0.3 is 10.2 Å². The molecule has 0 amide bonds. The van der Waals surface area contributed by atoms with Crippen LogP contribution in [0.15, 0.2) is 4.42 Å². The van der Waals surface area contributed by atoms with Gasteiger partial charge >= 0.3 is 0 Å². The maximum Gasteiger partial charge on any atom is 0.233 e. The molecule has 0 radical (unpaired) electrons. The molecule has 1 aromatic heterocycles. The van der Waals surface area contributed by atoms with Crippen LogP contribution >= 0.6 is 11.8 Å². The van der Waals surface area contributed by atoms with Gasteiger partial charge in [-0.2, -0.15) is 11.8 Å². The first-order valence-corrected chi connectivity index (χ1v) is 6.12. The van der Waals surface area contributed by atoms with Crippen molar-refractivity contribution in [2.75, 3.05) is 12.0 Å². The molecule has 1 heterocycles. The summed E-state index contributed by atoms with van der Waals surface area (Å²) in [5.74, 6) is 2.51. The van der Waals surface area contributed by atoms with Crippen LogP contribution in [-0.2, 0) is 0 Å². The second-order valence-electron chi connectivity index (χ2n) is 3.52. The smallest absolute Gasteiger partial charge is 0.233 e. The topological polar surface area (TPSA) is 64.9 Å². The van der Waals surface area contributed by atoms with E-state index in [1.807, 2.05) is 13.8 Å². The Kier molecular flexibility index (Phi) is 4.41. The van der Waals surface area contributed by atoms with E-state index in [4.69, 9.17) is 10.2 Å². The molecule has 1 atom stereocenters. The van der Waals surface area contributed by atoms with Gasteiger partial charge in [0.05, 0.1) is 6.04 Å². The average Bonchev–Trinajstić information content (AvgIpc) is 2.62. The summed E-state index contributed by atoms with van der Waals surface area (Å²) in [5, 5.41) is 7.88. The third-order valence-electron chi connectivity index (χ3n) is 1.90. The molecule has 1 aromatic rings. The largest absolute Gasteiger partial charge is 0.423 e. The van der Waals surface area contributed by atoms with Crippen LogP contribution in [0.1, 0.15) is 44.0 Å². The van der Waals surface area contributed by atoms with Crippen LogP contribution in [0.5, 0.6) is 0 Å². The van der Waals surface area contributed by atoms with Gasteiger partial charge in [0, 0.05) is 5.92 Å². The zero-order chi connectivity index (χ0) is 10.6. The molecule has 0 saturated heterocycles. The normalized spacial score (nSPS) is 13.5. The monoisotopic (exact) mass is 215 g/mol. The van der Waals surface area contributed by atoms with Gasteiger partial charge in [0.1, 0.15) is 0 Å². The molecule has 1 unspecified atom stereocenters. The Hall–Kier alpha value is -0.550. The van der Waals surface area contributed by atoms with Gasteiger partial charge in [0.15, 0.2) is 0 Å². The van der Waals surface area contributed by atoms with E-state index in [0.29, 0.717) is 11.8 Å². The molecule has 2 N–H and O–H groups in total. The highest BCUT2D eigenvalue weighted by atomic mass is 32.2. The summed E-state index contributed by atoms with van der Waals surface area (Å²) < 4.78 is 5.45. The molecular formula is C9H17N3OS. The number of nitrogens with two attached hydrogens (primary N) is 1. The first kappa shape index (κ1) is 11.5. The molecule has 1 rings (SSSR count). The number of hydrogen-bond acceptors (Lipinski definition) is 5. The van der Waals surface area contributed by atoms with Crippen LogP contribution in [0.2, 0.25) is 0 Å². The minimum Gasteiger partial charge on any atom is -0.423 e. The van der Waals surface area contributed by atoms with E-state index in [1.165, 1.54) is 0 Å². The van der Waals surface area contributed by atoms with Gasteiger partial charge in [0.25, 0.3) is 0 Å². The molecule has 0 bridgehead atoms. The van der Waals surface area contributed by atoms with E-state index < -0.39 is 0 Å². The molecule has 0 aromatic carbocycles. The maximum absolute atomic E-state index is 5.88. The molecule has 0 saturated carbocycles. The lowest BCUT2D eigenvalue weighted by atomic mass is 10.2. The van der Waals surface area contributed by atoms with Crippen molar-refractivity contribution in [3.63, 3.8) is 0 Å². The first-order chi connectivity index (χ1) is 6.65. The highest BCUT2D eigenvalue weighted by molar-refractivity contribution is 7.98. The number of nitrogens with zero attached hydrogens (tertiary/aromatic N) is 2. The Bertz CT molecular complexity index is 275. The van der Waals surface area contributed by atoms with Gasteiger partial charge in [-0.1, -0.05) is 13.8 Å². The zero-order valence-electron chi connectivity index (χ0n) is 8.86. The Morgan fingerprint density at radius 3 is 2.50 bits per heavy atom. The van der Waals surface area contributed by atoms with E-state index >= 15 is 0 Å². The van der Waals surface area contributed by atoms with Gasteiger partial charge in [-0.15, -0.1) is 10.2 Å². The fraction of sp³-hybridized carbons (Fsp3) is 0.778. The van der Waals surface area contributed by atoms with Gasteiger partial charge in [-0.05, 0) is 18.4 Å². The molecule has 0 spiro atoms. The molecular weight excluding hydrogens is 198 g/mol. The van der Waals surface area contributed by atoms with E-state index in [0.717, 1.165) is 12.2 Å². The average molecular weight is 215 g/mol. The van der Waals surface area contributed by atoms with Crippen molar-refractivity contribution in [2.45, 2.75) is 32.2 Å². The second-order valence-corrected chi connectivity index (χ2v) is 4.51. The maximum atomic E-state index is 5.88. The predicted molar refractivity (Wildman–Crippen MR) is 58.3 cm³/mol. The lowest BCUT2D eigenvalue weighted by Crippen LogP contribution is -2.11. The minimum absolute atomic E-state index is 0.123. The summed E-state index contributed by atoms with van der Waals surface area (Å²) in [6.45, 7) is 4.04. The summed E-state index contributed by atoms with van der Waals surface area (Å²) in [6.07, 6.45) is 2.93. The van der Waals surface area contributed by atoms with Gasteiger partial charge in [0.2, 0.25) is 11.8 Å². The Labute approximate surface area is 88.7 Å². The predicted octanol–water partition coefficient (Wildman–Crippen LogP) is 1.95. The summed E-state index contributed by atoms with van der Waals surface area (Å²) in [4.78, 5) is 0. The summed E-state index contributed by atoms with van der Waals surface area (Å²) >= 11 is 1.77. The number of hydrogen-bond donors (Lipinski definition) is 1. The molecule has 0 aliphatic carbocycles. The fourth-order valence-electron chi connectivity index (χ4n) is 0.998. The first-order valence-electron chi connectivity index (χ1n) is 4.73. The number of thioether (sulfide) groups is 1. The van der Waals surface area contributed by atoms with Crippen molar-refractivity contribution < 1.29 is 4.42 Å². The van der Waals surface area contributed by atoms with Gasteiger partial charge in [-0.25, -0.2) is 0 Å².